The number of benzene rings is 2. The third-order valence-corrected chi connectivity index (χ3v) is 10.3. The summed E-state index contributed by atoms with van der Waals surface area (Å²) in [6.45, 7) is 7.13. The van der Waals surface area contributed by atoms with E-state index in [1.807, 2.05) is 13.8 Å². The zero-order chi connectivity index (χ0) is 36.2. The first-order valence-corrected chi connectivity index (χ1v) is 17.1. The van der Waals surface area contributed by atoms with Gasteiger partial charge in [0.15, 0.2) is 11.5 Å². The van der Waals surface area contributed by atoms with Gasteiger partial charge in [0.25, 0.3) is 0 Å². The number of carbonyl (C=O) groups excluding carboxylic acids is 3. The van der Waals surface area contributed by atoms with Gasteiger partial charge in [0.1, 0.15) is 17.6 Å². The molecule has 1 aliphatic rings. The highest BCUT2D eigenvalue weighted by atomic mass is 35.5. The van der Waals surface area contributed by atoms with E-state index in [4.69, 9.17) is 38.4 Å². The largest absolute Gasteiger partial charge is 0.493 e. The van der Waals surface area contributed by atoms with Crippen LogP contribution in [0.2, 0.25) is 10.0 Å². The number of hydrogen-bond donors (Lipinski definition) is 5. The van der Waals surface area contributed by atoms with Gasteiger partial charge in [0.2, 0.25) is 17.7 Å². The molecule has 0 aliphatic heterocycles. The first-order valence-electron chi connectivity index (χ1n) is 16.3. The van der Waals surface area contributed by atoms with Gasteiger partial charge in [-0.3, -0.25) is 19.3 Å². The summed E-state index contributed by atoms with van der Waals surface area (Å²) in [6, 6.07) is 6.25. The molecule has 5 atom stereocenters. The van der Waals surface area contributed by atoms with Crippen molar-refractivity contribution < 1.29 is 33.8 Å². The molecule has 0 radical (unpaired) electrons. The number of primary amides is 1. The number of carbonyl (C=O) groups is 4. The number of methoxy groups -OCH3 is 2. The van der Waals surface area contributed by atoms with Crippen molar-refractivity contribution in [2.75, 3.05) is 14.2 Å². The number of nitrogens with zero attached hydrogens (tertiary/aromatic N) is 1. The molecule has 0 fully saturated rings. The average molecular weight is 719 g/mol. The highest BCUT2D eigenvalue weighted by Gasteiger charge is 2.47. The molecule has 1 aromatic heterocycles. The number of aryl methyl sites for hydroxylation is 1. The lowest BCUT2D eigenvalue weighted by Crippen LogP contribution is -2.67. The maximum Gasteiger partial charge on any atom is 0.408 e. The fourth-order valence-corrected chi connectivity index (χ4v) is 7.17. The van der Waals surface area contributed by atoms with E-state index >= 15 is 0 Å². The molecule has 0 saturated carbocycles. The number of nitrogens with one attached hydrogen (secondary N) is 3. The van der Waals surface area contributed by atoms with Gasteiger partial charge in [-0.1, -0.05) is 75.9 Å². The van der Waals surface area contributed by atoms with Crippen molar-refractivity contribution in [3.8, 4) is 11.5 Å². The third kappa shape index (κ3) is 7.70. The van der Waals surface area contributed by atoms with Crippen molar-refractivity contribution >= 4 is 57.9 Å². The van der Waals surface area contributed by atoms with Crippen molar-refractivity contribution in [1.29, 1.82) is 0 Å². The predicted molar refractivity (Wildman–Crippen MR) is 188 cm³/mol. The Kier molecular flexibility index (Phi) is 12.0. The van der Waals surface area contributed by atoms with E-state index < -0.39 is 47.4 Å². The lowest BCUT2D eigenvalue weighted by atomic mass is 9.78. The molecular formula is C35H45Cl2N5O7. The number of ether oxygens (including phenoxy) is 2. The molecule has 2 aromatic carbocycles. The molecule has 0 bridgehead atoms. The molecule has 3 aromatic rings. The van der Waals surface area contributed by atoms with Crippen molar-refractivity contribution in [1.82, 2.24) is 20.5 Å². The molecule has 1 aliphatic carbocycles. The van der Waals surface area contributed by atoms with Crippen LogP contribution in [-0.4, -0.2) is 70.6 Å². The smallest absolute Gasteiger partial charge is 0.408 e. The number of fused-ring (bicyclic) bond motifs is 3. The Balaban J connectivity index is 1.81. The van der Waals surface area contributed by atoms with E-state index in [-0.39, 0.29) is 25.3 Å². The van der Waals surface area contributed by atoms with Gasteiger partial charge in [-0.2, -0.15) is 0 Å². The molecule has 12 nitrogen and oxygen atoms in total. The average Bonchev–Trinajstić information content (AvgIpc) is 3.43. The second-order valence-electron chi connectivity index (χ2n) is 12.8. The molecule has 49 heavy (non-hydrogen) atoms. The van der Waals surface area contributed by atoms with Gasteiger partial charge in [0, 0.05) is 28.1 Å². The summed E-state index contributed by atoms with van der Waals surface area (Å²) in [5.41, 5.74) is 6.86. The molecule has 266 valence electrons. The monoisotopic (exact) mass is 717 g/mol. The van der Waals surface area contributed by atoms with E-state index in [1.54, 1.807) is 44.2 Å². The van der Waals surface area contributed by atoms with Crippen LogP contribution in [0.15, 0.2) is 30.3 Å². The van der Waals surface area contributed by atoms with Crippen molar-refractivity contribution in [3.63, 3.8) is 0 Å². The molecule has 1 heterocycles. The summed E-state index contributed by atoms with van der Waals surface area (Å²) in [4.78, 5) is 58.8. The van der Waals surface area contributed by atoms with Crippen LogP contribution in [0.25, 0.3) is 10.9 Å². The van der Waals surface area contributed by atoms with Gasteiger partial charge in [-0.15, -0.1) is 0 Å². The number of carboxylic acid groups (broad SMARTS) is 1. The Labute approximate surface area is 296 Å². The lowest BCUT2D eigenvalue weighted by Gasteiger charge is -2.41. The van der Waals surface area contributed by atoms with E-state index in [0.717, 1.165) is 16.2 Å². The summed E-state index contributed by atoms with van der Waals surface area (Å²) in [5, 5.41) is 17.9. The number of halogens is 2. The second kappa shape index (κ2) is 15.6. The zero-order valence-electron chi connectivity index (χ0n) is 28.6. The summed E-state index contributed by atoms with van der Waals surface area (Å²) in [6.07, 6.45) is 0.194. The highest BCUT2D eigenvalue weighted by molar-refractivity contribution is 6.38. The topological polar surface area (TPSA) is 176 Å². The first kappa shape index (κ1) is 37.7. The minimum Gasteiger partial charge on any atom is -0.493 e. The fourth-order valence-electron chi connectivity index (χ4n) is 6.62. The molecule has 6 N–H and O–H groups in total. The SMILES string of the molecule is CC[C@H](C)C(NC(=O)[C@@]1(NC(=O)C([C@@H](C)CC)N(Cc2cccc(OC)c2OC)C(=O)O)CCc2[nH]c3c(Cl)cc(Cl)cc3c2C1)C(N)=O. The van der Waals surface area contributed by atoms with Crippen LogP contribution in [0.5, 0.6) is 11.5 Å². The van der Waals surface area contributed by atoms with E-state index in [1.165, 1.54) is 14.2 Å². The number of para-hydroxylation sites is 1. The van der Waals surface area contributed by atoms with Crippen LogP contribution in [0.3, 0.4) is 0 Å². The van der Waals surface area contributed by atoms with Gasteiger partial charge in [-0.05, 0) is 48.4 Å². The maximum atomic E-state index is 14.6. The second-order valence-corrected chi connectivity index (χ2v) is 13.6. The van der Waals surface area contributed by atoms with Gasteiger partial charge in [-0.25, -0.2) is 4.79 Å². The number of amides is 4. The maximum absolute atomic E-state index is 14.6. The minimum atomic E-state index is -1.58. The Bertz CT molecular complexity index is 1730. The molecule has 4 amide bonds. The summed E-state index contributed by atoms with van der Waals surface area (Å²) >= 11 is 12.9. The van der Waals surface area contributed by atoms with Crippen LogP contribution in [-0.2, 0) is 33.8 Å². The summed E-state index contributed by atoms with van der Waals surface area (Å²) in [5.74, 6) is -1.96. The normalized spacial score (nSPS) is 18.0. The lowest BCUT2D eigenvalue weighted by molar-refractivity contribution is -0.139. The number of H-pyrrole nitrogens is 1. The number of nitrogens with two attached hydrogens (primary N) is 1. The predicted octanol–water partition coefficient (Wildman–Crippen LogP) is 5.45. The number of hydrogen-bond acceptors (Lipinski definition) is 6. The van der Waals surface area contributed by atoms with E-state index in [9.17, 15) is 24.3 Å². The van der Waals surface area contributed by atoms with Crippen LogP contribution < -0.4 is 25.8 Å². The molecule has 0 saturated heterocycles. The Hall–Kier alpha value is -4.16. The fraction of sp³-hybridized carbons (Fsp3) is 0.486. The first-order chi connectivity index (χ1) is 23.2. The van der Waals surface area contributed by atoms with Crippen LogP contribution >= 0.6 is 23.2 Å². The zero-order valence-corrected chi connectivity index (χ0v) is 30.1. The Morgan fingerprint density at radius 2 is 1.78 bits per heavy atom. The van der Waals surface area contributed by atoms with Crippen LogP contribution in [0.1, 0.15) is 63.8 Å². The quantitative estimate of drug-likeness (QED) is 0.147. The van der Waals surface area contributed by atoms with Gasteiger partial charge >= 0.3 is 6.09 Å². The number of aromatic nitrogens is 1. The van der Waals surface area contributed by atoms with E-state index in [2.05, 4.69) is 15.6 Å². The van der Waals surface area contributed by atoms with Gasteiger partial charge < -0.3 is 35.9 Å². The molecule has 4 rings (SSSR count). The number of rotatable bonds is 14. The molecular weight excluding hydrogens is 673 g/mol. The Morgan fingerprint density at radius 1 is 1.08 bits per heavy atom. The molecule has 14 heteroatoms. The third-order valence-electron chi connectivity index (χ3n) is 9.76. The van der Waals surface area contributed by atoms with Crippen molar-refractivity contribution in [3.05, 3.63) is 57.2 Å². The highest BCUT2D eigenvalue weighted by Crippen LogP contribution is 2.39. The van der Waals surface area contributed by atoms with E-state index in [0.29, 0.717) is 57.3 Å². The molecule has 2 unspecified atom stereocenters. The minimum absolute atomic E-state index is 0.0204. The van der Waals surface area contributed by atoms with Crippen LogP contribution in [0, 0.1) is 11.8 Å². The summed E-state index contributed by atoms with van der Waals surface area (Å²) in [7, 11) is 2.93. The van der Waals surface area contributed by atoms with Crippen LogP contribution in [0.4, 0.5) is 4.79 Å². The number of aromatic amines is 1. The Morgan fingerprint density at radius 3 is 2.37 bits per heavy atom. The molecule has 0 spiro atoms. The van der Waals surface area contributed by atoms with Gasteiger partial charge in [0.05, 0.1) is 31.3 Å². The van der Waals surface area contributed by atoms with Crippen molar-refractivity contribution in [2.45, 2.75) is 84.0 Å². The summed E-state index contributed by atoms with van der Waals surface area (Å²) < 4.78 is 11.0. The van der Waals surface area contributed by atoms with Crippen molar-refractivity contribution in [2.24, 2.45) is 17.6 Å². The standard InChI is InChI=1S/C35H45Cl2N5O7/c1-7-18(3)27(31(38)43)40-33(45)35(13-12-25-23(16-35)22-14-21(36)15-24(37)28(22)39-25)41-32(44)29(19(4)8-2)42(34(46)47)17-20-10-9-11-26(48-5)30(20)49-6/h9-11,14-15,18-19,27,29,39H,7-8,12-13,16-17H2,1-6H3,(H2,38,43)(H,40,45)(H,41,44)(H,46,47)/t18-,19-,27?,29?,35+/m0/s1.